The van der Waals surface area contributed by atoms with E-state index in [4.69, 9.17) is 4.74 Å². The molecule has 1 heterocycles. The molecule has 1 saturated heterocycles. The third-order valence-corrected chi connectivity index (χ3v) is 5.05. The average molecular weight is 310 g/mol. The SMILES string of the molecule is CCCNC1CSCC1Cc1ccc(OC)c([N+](=O)[O-])c1. The van der Waals surface area contributed by atoms with Gasteiger partial charge in [0.05, 0.1) is 12.0 Å². The fourth-order valence-electron chi connectivity index (χ4n) is 2.66. The second kappa shape index (κ2) is 7.66. The fourth-order valence-corrected chi connectivity index (χ4v) is 4.10. The van der Waals surface area contributed by atoms with Crippen molar-refractivity contribution < 1.29 is 9.66 Å². The number of rotatable bonds is 7. The van der Waals surface area contributed by atoms with E-state index in [1.165, 1.54) is 7.11 Å². The largest absolute Gasteiger partial charge is 0.490 e. The highest BCUT2D eigenvalue weighted by Crippen LogP contribution is 2.31. The number of benzene rings is 1. The molecule has 0 spiro atoms. The molecule has 1 aliphatic rings. The molecule has 0 aromatic heterocycles. The van der Waals surface area contributed by atoms with Gasteiger partial charge in [0.2, 0.25) is 0 Å². The van der Waals surface area contributed by atoms with Crippen molar-refractivity contribution in [3.63, 3.8) is 0 Å². The summed E-state index contributed by atoms with van der Waals surface area (Å²) in [5, 5.41) is 14.7. The average Bonchev–Trinajstić information content (AvgIpc) is 2.92. The molecule has 1 N–H and O–H groups in total. The van der Waals surface area contributed by atoms with Crippen LogP contribution < -0.4 is 10.1 Å². The third kappa shape index (κ3) is 4.11. The fraction of sp³-hybridized carbons (Fsp3) is 0.600. The van der Waals surface area contributed by atoms with Crippen LogP contribution in [-0.2, 0) is 6.42 Å². The van der Waals surface area contributed by atoms with Gasteiger partial charge in [-0.25, -0.2) is 0 Å². The highest BCUT2D eigenvalue weighted by atomic mass is 32.2. The Balaban J connectivity index is 2.08. The third-order valence-electron chi connectivity index (χ3n) is 3.79. The quantitative estimate of drug-likeness (QED) is 0.620. The summed E-state index contributed by atoms with van der Waals surface area (Å²) in [4.78, 5) is 10.7. The maximum absolute atomic E-state index is 11.1. The van der Waals surface area contributed by atoms with Crippen molar-refractivity contribution in [1.29, 1.82) is 0 Å². The standard InChI is InChI=1S/C15H22N2O3S/c1-3-6-16-13-10-21-9-12(13)7-11-4-5-15(20-2)14(8-11)17(18)19/h4-5,8,12-13,16H,3,6-7,9-10H2,1-2H3. The first kappa shape index (κ1) is 16.1. The summed E-state index contributed by atoms with van der Waals surface area (Å²) in [6.07, 6.45) is 2.00. The molecule has 0 amide bonds. The first-order valence-electron chi connectivity index (χ1n) is 7.28. The van der Waals surface area contributed by atoms with E-state index in [2.05, 4.69) is 12.2 Å². The van der Waals surface area contributed by atoms with Crippen molar-refractivity contribution in [3.8, 4) is 5.75 Å². The number of nitro benzene ring substituents is 1. The van der Waals surface area contributed by atoms with Crippen molar-refractivity contribution in [2.45, 2.75) is 25.8 Å². The van der Waals surface area contributed by atoms with Crippen LogP contribution in [0.15, 0.2) is 18.2 Å². The second-order valence-corrected chi connectivity index (χ2v) is 6.40. The number of hydrogen-bond acceptors (Lipinski definition) is 5. The van der Waals surface area contributed by atoms with Gasteiger partial charge in [-0.2, -0.15) is 11.8 Å². The monoisotopic (exact) mass is 310 g/mol. The summed E-state index contributed by atoms with van der Waals surface area (Å²) in [6.45, 7) is 3.20. The van der Waals surface area contributed by atoms with Crippen LogP contribution in [0.1, 0.15) is 18.9 Å². The highest BCUT2D eigenvalue weighted by molar-refractivity contribution is 7.99. The van der Waals surface area contributed by atoms with E-state index in [9.17, 15) is 10.1 Å². The van der Waals surface area contributed by atoms with E-state index in [0.29, 0.717) is 17.7 Å². The van der Waals surface area contributed by atoms with Crippen LogP contribution in [0, 0.1) is 16.0 Å². The Morgan fingerprint density at radius 2 is 2.29 bits per heavy atom. The molecule has 2 unspecified atom stereocenters. The summed E-state index contributed by atoms with van der Waals surface area (Å²) in [5.74, 6) is 3.10. The molecule has 0 saturated carbocycles. The lowest BCUT2D eigenvalue weighted by molar-refractivity contribution is -0.385. The summed E-state index contributed by atoms with van der Waals surface area (Å²) >= 11 is 1.96. The molecule has 0 aliphatic carbocycles. The number of thioether (sulfide) groups is 1. The maximum Gasteiger partial charge on any atom is 0.311 e. The van der Waals surface area contributed by atoms with E-state index in [1.807, 2.05) is 17.8 Å². The molecule has 21 heavy (non-hydrogen) atoms. The smallest absolute Gasteiger partial charge is 0.311 e. The van der Waals surface area contributed by atoms with Crippen LogP contribution >= 0.6 is 11.8 Å². The minimum atomic E-state index is -0.376. The van der Waals surface area contributed by atoms with Gasteiger partial charge in [-0.15, -0.1) is 0 Å². The number of ether oxygens (including phenoxy) is 1. The second-order valence-electron chi connectivity index (χ2n) is 5.33. The van der Waals surface area contributed by atoms with Gasteiger partial charge >= 0.3 is 5.69 Å². The van der Waals surface area contributed by atoms with Gasteiger partial charge in [-0.05, 0) is 42.7 Å². The molecule has 0 radical (unpaired) electrons. The van der Waals surface area contributed by atoms with E-state index in [1.54, 1.807) is 12.1 Å². The van der Waals surface area contributed by atoms with Crippen LogP contribution in [0.5, 0.6) is 5.75 Å². The lowest BCUT2D eigenvalue weighted by Crippen LogP contribution is -2.36. The van der Waals surface area contributed by atoms with Crippen molar-refractivity contribution in [2.24, 2.45) is 5.92 Å². The predicted octanol–water partition coefficient (Wildman–Crippen LogP) is 2.88. The Hall–Kier alpha value is -1.27. The van der Waals surface area contributed by atoms with Crippen molar-refractivity contribution in [3.05, 3.63) is 33.9 Å². The number of hydrogen-bond donors (Lipinski definition) is 1. The van der Waals surface area contributed by atoms with E-state index < -0.39 is 0 Å². The highest BCUT2D eigenvalue weighted by Gasteiger charge is 2.28. The molecule has 116 valence electrons. The number of methoxy groups -OCH3 is 1. The van der Waals surface area contributed by atoms with Gasteiger partial charge in [-0.3, -0.25) is 10.1 Å². The lowest BCUT2D eigenvalue weighted by atomic mass is 9.94. The Morgan fingerprint density at radius 3 is 2.95 bits per heavy atom. The Bertz CT molecular complexity index is 496. The molecule has 0 bridgehead atoms. The predicted molar refractivity (Wildman–Crippen MR) is 86.2 cm³/mol. The van der Waals surface area contributed by atoms with Crippen LogP contribution in [0.25, 0.3) is 0 Å². The minimum Gasteiger partial charge on any atom is -0.490 e. The Labute approximate surface area is 129 Å². The summed E-state index contributed by atoms with van der Waals surface area (Å²) < 4.78 is 5.05. The molecule has 2 rings (SSSR count). The van der Waals surface area contributed by atoms with Crippen molar-refractivity contribution in [2.75, 3.05) is 25.2 Å². The molecule has 5 nitrogen and oxygen atoms in total. The van der Waals surface area contributed by atoms with Gasteiger partial charge in [0.25, 0.3) is 0 Å². The lowest BCUT2D eigenvalue weighted by Gasteiger charge is -2.20. The zero-order chi connectivity index (χ0) is 15.2. The van der Waals surface area contributed by atoms with Gasteiger partial charge in [0, 0.05) is 17.9 Å². The first-order valence-corrected chi connectivity index (χ1v) is 8.43. The van der Waals surface area contributed by atoms with E-state index in [-0.39, 0.29) is 10.6 Å². The molecule has 1 fully saturated rings. The first-order chi connectivity index (χ1) is 10.2. The summed E-state index contributed by atoms with van der Waals surface area (Å²) in [5.41, 5.74) is 1.07. The summed E-state index contributed by atoms with van der Waals surface area (Å²) in [6, 6.07) is 5.80. The van der Waals surface area contributed by atoms with Crippen LogP contribution in [0.3, 0.4) is 0 Å². The number of nitro groups is 1. The Morgan fingerprint density at radius 1 is 1.48 bits per heavy atom. The Kier molecular flexibility index (Phi) is 5.87. The molecule has 2 atom stereocenters. The normalized spacial score (nSPS) is 21.4. The number of nitrogens with one attached hydrogen (secondary N) is 1. The zero-order valence-corrected chi connectivity index (χ0v) is 13.3. The molecular formula is C15H22N2O3S. The minimum absolute atomic E-state index is 0.0544. The maximum atomic E-state index is 11.1. The summed E-state index contributed by atoms with van der Waals surface area (Å²) in [7, 11) is 1.46. The van der Waals surface area contributed by atoms with Gasteiger partial charge in [0.15, 0.2) is 5.75 Å². The molecule has 1 aliphatic heterocycles. The van der Waals surface area contributed by atoms with Crippen LogP contribution in [-0.4, -0.2) is 36.1 Å². The van der Waals surface area contributed by atoms with Crippen LogP contribution in [0.2, 0.25) is 0 Å². The van der Waals surface area contributed by atoms with Crippen LogP contribution in [0.4, 0.5) is 5.69 Å². The van der Waals surface area contributed by atoms with Crippen molar-refractivity contribution >= 4 is 17.4 Å². The van der Waals surface area contributed by atoms with Gasteiger partial charge in [-0.1, -0.05) is 13.0 Å². The van der Waals surface area contributed by atoms with E-state index in [0.717, 1.165) is 36.5 Å². The van der Waals surface area contributed by atoms with Gasteiger partial charge in [0.1, 0.15) is 0 Å². The van der Waals surface area contributed by atoms with Crippen molar-refractivity contribution in [1.82, 2.24) is 5.32 Å². The van der Waals surface area contributed by atoms with E-state index >= 15 is 0 Å². The molecule has 6 heteroatoms. The number of nitrogens with zero attached hydrogens (tertiary/aromatic N) is 1. The van der Waals surface area contributed by atoms with Gasteiger partial charge < -0.3 is 10.1 Å². The zero-order valence-electron chi connectivity index (χ0n) is 12.5. The molecule has 1 aromatic carbocycles. The molecular weight excluding hydrogens is 288 g/mol. The topological polar surface area (TPSA) is 64.4 Å². The molecule has 1 aromatic rings.